The molecule has 0 saturated heterocycles. The molecule has 0 spiro atoms. The first-order valence-electron chi connectivity index (χ1n) is 7.05. The quantitative estimate of drug-likeness (QED) is 0.759. The van der Waals surface area contributed by atoms with Gasteiger partial charge in [-0.25, -0.2) is 0 Å². The van der Waals surface area contributed by atoms with Crippen LogP contribution in [0.3, 0.4) is 0 Å². The van der Waals surface area contributed by atoms with Crippen LogP contribution in [0.1, 0.15) is 31.2 Å². The molecule has 0 atom stereocenters. The van der Waals surface area contributed by atoms with Crippen LogP contribution in [0.25, 0.3) is 0 Å². The molecule has 0 radical (unpaired) electrons. The highest BCUT2D eigenvalue weighted by Gasteiger charge is 2.22. The summed E-state index contributed by atoms with van der Waals surface area (Å²) in [5.74, 6) is 0.0617. The highest BCUT2D eigenvalue weighted by atomic mass is 16.2. The van der Waals surface area contributed by atoms with E-state index in [1.165, 1.54) is 0 Å². The highest BCUT2D eigenvalue weighted by molar-refractivity contribution is 5.92. The number of hydrogen-bond donors (Lipinski definition) is 3. The third kappa shape index (κ3) is 4.06. The lowest BCUT2D eigenvalue weighted by molar-refractivity contribution is -0.120. The standard InChI is InChI=1S/C15H21N3O2/c16-9-14(19)17-10-11-4-3-7-13(8-11)18-15(20)12-5-1-2-6-12/h3-4,7-8,12H,1-2,5-6,9-10,16H2,(H,17,19)(H,18,20). The van der Waals surface area contributed by atoms with Crippen LogP contribution in [0.2, 0.25) is 0 Å². The SMILES string of the molecule is NCC(=O)NCc1cccc(NC(=O)C2CCCC2)c1. The molecule has 108 valence electrons. The van der Waals surface area contributed by atoms with Crippen molar-refractivity contribution in [2.45, 2.75) is 32.2 Å². The number of hydrogen-bond acceptors (Lipinski definition) is 3. The summed E-state index contributed by atoms with van der Waals surface area (Å²) in [5, 5.41) is 5.66. The van der Waals surface area contributed by atoms with Gasteiger partial charge in [0.15, 0.2) is 0 Å². The van der Waals surface area contributed by atoms with E-state index in [1.807, 2.05) is 24.3 Å². The Bertz CT molecular complexity index is 482. The Morgan fingerprint density at radius 3 is 2.70 bits per heavy atom. The van der Waals surface area contributed by atoms with Crippen molar-refractivity contribution in [1.82, 2.24) is 5.32 Å². The van der Waals surface area contributed by atoms with Gasteiger partial charge in [-0.3, -0.25) is 9.59 Å². The van der Waals surface area contributed by atoms with Gasteiger partial charge >= 0.3 is 0 Å². The number of nitrogens with one attached hydrogen (secondary N) is 2. The Morgan fingerprint density at radius 1 is 1.25 bits per heavy atom. The van der Waals surface area contributed by atoms with Gasteiger partial charge in [-0.2, -0.15) is 0 Å². The molecule has 2 amide bonds. The first-order chi connectivity index (χ1) is 9.69. The predicted octanol–water partition coefficient (Wildman–Crippen LogP) is 1.39. The van der Waals surface area contributed by atoms with Crippen molar-refractivity contribution in [3.05, 3.63) is 29.8 Å². The van der Waals surface area contributed by atoms with Crippen molar-refractivity contribution in [3.63, 3.8) is 0 Å². The number of carbonyl (C=O) groups is 2. The van der Waals surface area contributed by atoms with Gasteiger partial charge in [-0.1, -0.05) is 25.0 Å². The van der Waals surface area contributed by atoms with Crippen LogP contribution >= 0.6 is 0 Å². The maximum atomic E-state index is 12.0. The minimum Gasteiger partial charge on any atom is -0.351 e. The second kappa shape index (κ2) is 7.05. The number of anilines is 1. The first-order valence-corrected chi connectivity index (χ1v) is 7.05. The molecule has 5 nitrogen and oxygen atoms in total. The summed E-state index contributed by atoms with van der Waals surface area (Å²) in [6, 6.07) is 7.51. The Balaban J connectivity index is 1.91. The largest absolute Gasteiger partial charge is 0.351 e. The Kier molecular flexibility index (Phi) is 5.12. The number of amides is 2. The smallest absolute Gasteiger partial charge is 0.234 e. The maximum Gasteiger partial charge on any atom is 0.234 e. The van der Waals surface area contributed by atoms with Crippen LogP contribution in [-0.4, -0.2) is 18.4 Å². The number of benzene rings is 1. The van der Waals surface area contributed by atoms with Gasteiger partial charge in [0.2, 0.25) is 11.8 Å². The van der Waals surface area contributed by atoms with E-state index in [9.17, 15) is 9.59 Å². The van der Waals surface area contributed by atoms with E-state index in [2.05, 4.69) is 10.6 Å². The van der Waals surface area contributed by atoms with Crippen LogP contribution in [0, 0.1) is 5.92 Å². The molecule has 1 aromatic rings. The summed E-state index contributed by atoms with van der Waals surface area (Å²) >= 11 is 0. The van der Waals surface area contributed by atoms with E-state index >= 15 is 0 Å². The van der Waals surface area contributed by atoms with E-state index in [-0.39, 0.29) is 24.3 Å². The van der Waals surface area contributed by atoms with Crippen molar-refractivity contribution in [2.24, 2.45) is 11.7 Å². The molecule has 0 aromatic heterocycles. The molecule has 0 bridgehead atoms. The van der Waals surface area contributed by atoms with Crippen LogP contribution in [0.5, 0.6) is 0 Å². The topological polar surface area (TPSA) is 84.2 Å². The summed E-state index contributed by atoms with van der Waals surface area (Å²) in [6.45, 7) is 0.404. The van der Waals surface area contributed by atoms with Crippen LogP contribution in [0.15, 0.2) is 24.3 Å². The molecule has 5 heteroatoms. The third-order valence-corrected chi connectivity index (χ3v) is 3.60. The van der Waals surface area contributed by atoms with Crippen LogP contribution in [-0.2, 0) is 16.1 Å². The second-order valence-electron chi connectivity index (χ2n) is 5.15. The summed E-state index contributed by atoms with van der Waals surface area (Å²) in [5.41, 5.74) is 6.95. The molecule has 0 aliphatic heterocycles. The third-order valence-electron chi connectivity index (χ3n) is 3.60. The van der Waals surface area contributed by atoms with Crippen molar-refractivity contribution in [3.8, 4) is 0 Å². The molecule has 0 heterocycles. The Labute approximate surface area is 118 Å². The highest BCUT2D eigenvalue weighted by Crippen LogP contribution is 2.26. The van der Waals surface area contributed by atoms with Gasteiger partial charge in [0.05, 0.1) is 6.54 Å². The average Bonchev–Trinajstić information content (AvgIpc) is 2.99. The monoisotopic (exact) mass is 275 g/mol. The molecule has 1 aliphatic rings. The summed E-state index contributed by atoms with van der Waals surface area (Å²) in [6.07, 6.45) is 4.25. The van der Waals surface area contributed by atoms with Crippen molar-refractivity contribution in [2.75, 3.05) is 11.9 Å². The van der Waals surface area contributed by atoms with Gasteiger partial charge in [0.1, 0.15) is 0 Å². The molecular weight excluding hydrogens is 254 g/mol. The molecule has 2 rings (SSSR count). The van der Waals surface area contributed by atoms with E-state index in [0.717, 1.165) is 36.9 Å². The summed E-state index contributed by atoms with van der Waals surface area (Å²) < 4.78 is 0. The zero-order chi connectivity index (χ0) is 14.4. The predicted molar refractivity (Wildman–Crippen MR) is 77.9 cm³/mol. The van der Waals surface area contributed by atoms with Gasteiger partial charge in [0, 0.05) is 18.2 Å². The number of nitrogens with two attached hydrogens (primary N) is 1. The Hall–Kier alpha value is -1.88. The zero-order valence-corrected chi connectivity index (χ0v) is 11.5. The fourth-order valence-electron chi connectivity index (χ4n) is 2.46. The van der Waals surface area contributed by atoms with Crippen molar-refractivity contribution >= 4 is 17.5 Å². The van der Waals surface area contributed by atoms with Crippen molar-refractivity contribution < 1.29 is 9.59 Å². The molecule has 0 unspecified atom stereocenters. The van der Waals surface area contributed by atoms with Gasteiger partial charge < -0.3 is 16.4 Å². The molecule has 1 aliphatic carbocycles. The normalized spacial score (nSPS) is 15.1. The fourth-order valence-corrected chi connectivity index (χ4v) is 2.46. The lowest BCUT2D eigenvalue weighted by Crippen LogP contribution is -2.29. The molecule has 1 aromatic carbocycles. The van der Waals surface area contributed by atoms with Crippen LogP contribution < -0.4 is 16.4 Å². The van der Waals surface area contributed by atoms with Crippen molar-refractivity contribution in [1.29, 1.82) is 0 Å². The summed E-state index contributed by atoms with van der Waals surface area (Å²) in [4.78, 5) is 23.2. The summed E-state index contributed by atoms with van der Waals surface area (Å²) in [7, 11) is 0. The van der Waals surface area contributed by atoms with Gasteiger partial charge in [-0.15, -0.1) is 0 Å². The molecule has 1 saturated carbocycles. The van der Waals surface area contributed by atoms with Crippen LogP contribution in [0.4, 0.5) is 5.69 Å². The minimum absolute atomic E-state index is 0.0158. The lowest BCUT2D eigenvalue weighted by Gasteiger charge is -2.11. The average molecular weight is 275 g/mol. The number of carbonyl (C=O) groups excluding carboxylic acids is 2. The van der Waals surface area contributed by atoms with E-state index < -0.39 is 0 Å². The fraction of sp³-hybridized carbons (Fsp3) is 0.467. The molecule has 20 heavy (non-hydrogen) atoms. The maximum absolute atomic E-state index is 12.0. The minimum atomic E-state index is -0.189. The Morgan fingerprint density at radius 2 is 2.00 bits per heavy atom. The second-order valence-corrected chi connectivity index (χ2v) is 5.15. The molecule has 4 N–H and O–H groups in total. The zero-order valence-electron chi connectivity index (χ0n) is 11.5. The molecular formula is C15H21N3O2. The first kappa shape index (κ1) is 14.5. The van der Waals surface area contributed by atoms with E-state index in [4.69, 9.17) is 5.73 Å². The van der Waals surface area contributed by atoms with E-state index in [1.54, 1.807) is 0 Å². The van der Waals surface area contributed by atoms with Gasteiger partial charge in [-0.05, 0) is 30.5 Å². The van der Waals surface area contributed by atoms with E-state index in [0.29, 0.717) is 6.54 Å². The lowest BCUT2D eigenvalue weighted by atomic mass is 10.1. The number of rotatable bonds is 5. The van der Waals surface area contributed by atoms with Gasteiger partial charge in [0.25, 0.3) is 0 Å². The molecule has 1 fully saturated rings.